The third-order valence-electron chi connectivity index (χ3n) is 4.11. The smallest absolute Gasteiger partial charge is 0.326 e. The molecule has 0 bridgehead atoms. The van der Waals surface area contributed by atoms with Crippen molar-refractivity contribution in [2.24, 2.45) is 5.10 Å². The summed E-state index contributed by atoms with van der Waals surface area (Å²) in [6, 6.07) is 14.7. The topological polar surface area (TPSA) is 99.7 Å². The molecule has 2 aromatic carbocycles. The minimum atomic E-state index is -0.907. The number of anilines is 2. The van der Waals surface area contributed by atoms with E-state index in [0.717, 1.165) is 5.56 Å². The number of aryl methyl sites for hydroxylation is 1. The number of benzene rings is 2. The molecule has 0 aliphatic rings. The molecule has 0 saturated carbocycles. The zero-order chi connectivity index (χ0) is 21.4. The van der Waals surface area contributed by atoms with Crippen molar-refractivity contribution in [3.8, 4) is 0 Å². The average Bonchev–Trinajstić information content (AvgIpc) is 2.66. The molecule has 0 fully saturated rings. The van der Waals surface area contributed by atoms with Crippen LogP contribution in [0.25, 0.3) is 0 Å². The molecule has 0 unspecified atom stereocenters. The molecule has 7 nitrogen and oxygen atoms in total. The van der Waals surface area contributed by atoms with Gasteiger partial charge in [0.2, 0.25) is 5.91 Å². The molecule has 2 aromatic rings. The van der Waals surface area contributed by atoms with E-state index in [1.54, 1.807) is 25.1 Å². The van der Waals surface area contributed by atoms with Gasteiger partial charge in [0, 0.05) is 17.1 Å². The maximum absolute atomic E-state index is 12.1. The highest BCUT2D eigenvalue weighted by Crippen LogP contribution is 2.17. The number of hydrogen-bond donors (Lipinski definition) is 3. The van der Waals surface area contributed by atoms with Crippen LogP contribution in [0, 0.1) is 6.92 Å². The molecule has 0 aliphatic carbocycles. The maximum atomic E-state index is 12.1. The first-order valence-electron chi connectivity index (χ1n) is 9.35. The summed E-state index contributed by atoms with van der Waals surface area (Å²) in [7, 11) is 0. The van der Waals surface area contributed by atoms with Crippen molar-refractivity contribution in [1.82, 2.24) is 5.43 Å². The van der Waals surface area contributed by atoms with Crippen LogP contribution in [-0.4, -0.2) is 23.4 Å². The van der Waals surface area contributed by atoms with Crippen molar-refractivity contribution in [3.05, 3.63) is 59.7 Å². The van der Waals surface area contributed by atoms with Crippen LogP contribution in [0.3, 0.4) is 0 Å². The standard InChI is InChI=1S/C22H26N4O3/c1-14(2)17-8-10-18(11-9-17)23-20(27)13-16(4)25-26-22(29)21(28)24-19-7-5-6-15(3)12-19/h5-12,14H,13H2,1-4H3,(H,23,27)(H,24,28)(H,26,29)/b25-16+. The van der Waals surface area contributed by atoms with E-state index in [2.05, 4.69) is 35.0 Å². The molecular formula is C22H26N4O3. The number of nitrogens with zero attached hydrogens (tertiary/aromatic N) is 1. The van der Waals surface area contributed by atoms with E-state index in [0.29, 0.717) is 23.0 Å². The van der Waals surface area contributed by atoms with Crippen LogP contribution in [0.1, 0.15) is 44.2 Å². The second-order valence-corrected chi connectivity index (χ2v) is 7.11. The molecule has 2 rings (SSSR count). The van der Waals surface area contributed by atoms with Gasteiger partial charge in [-0.15, -0.1) is 0 Å². The third kappa shape index (κ3) is 7.21. The Balaban J connectivity index is 1.83. The highest BCUT2D eigenvalue weighted by molar-refractivity contribution is 6.39. The molecule has 29 heavy (non-hydrogen) atoms. The Kier molecular flexibility index (Phi) is 7.65. The number of hydrazone groups is 1. The lowest BCUT2D eigenvalue weighted by atomic mass is 10.0. The highest BCUT2D eigenvalue weighted by atomic mass is 16.2. The average molecular weight is 394 g/mol. The van der Waals surface area contributed by atoms with E-state index in [1.165, 1.54) is 5.56 Å². The van der Waals surface area contributed by atoms with E-state index in [-0.39, 0.29) is 12.3 Å². The molecule has 0 saturated heterocycles. The molecule has 3 amide bonds. The van der Waals surface area contributed by atoms with Crippen molar-refractivity contribution < 1.29 is 14.4 Å². The Morgan fingerprint density at radius 2 is 1.62 bits per heavy atom. The van der Waals surface area contributed by atoms with Crippen LogP contribution in [0.2, 0.25) is 0 Å². The molecule has 7 heteroatoms. The zero-order valence-electron chi connectivity index (χ0n) is 17.1. The van der Waals surface area contributed by atoms with Gasteiger partial charge in [-0.25, -0.2) is 5.43 Å². The van der Waals surface area contributed by atoms with Gasteiger partial charge in [-0.3, -0.25) is 14.4 Å². The first kappa shape index (κ1) is 21.8. The van der Waals surface area contributed by atoms with Gasteiger partial charge in [0.25, 0.3) is 0 Å². The maximum Gasteiger partial charge on any atom is 0.329 e. The predicted molar refractivity (Wildman–Crippen MR) is 115 cm³/mol. The molecule has 0 spiro atoms. The van der Waals surface area contributed by atoms with Crippen LogP contribution in [0.4, 0.5) is 11.4 Å². The van der Waals surface area contributed by atoms with Crippen molar-refractivity contribution in [3.63, 3.8) is 0 Å². The van der Waals surface area contributed by atoms with Crippen molar-refractivity contribution >= 4 is 34.8 Å². The van der Waals surface area contributed by atoms with Crippen molar-refractivity contribution in [1.29, 1.82) is 0 Å². The largest absolute Gasteiger partial charge is 0.329 e. The summed E-state index contributed by atoms with van der Waals surface area (Å²) in [5.74, 6) is -1.58. The summed E-state index contributed by atoms with van der Waals surface area (Å²) in [6.45, 7) is 7.68. The van der Waals surface area contributed by atoms with E-state index < -0.39 is 11.8 Å². The number of nitrogens with one attached hydrogen (secondary N) is 3. The lowest BCUT2D eigenvalue weighted by Crippen LogP contribution is -2.33. The Hall–Kier alpha value is -3.48. The second kappa shape index (κ2) is 10.2. The van der Waals surface area contributed by atoms with Crippen LogP contribution >= 0.6 is 0 Å². The quantitative estimate of drug-likeness (QED) is 0.397. The number of carbonyl (C=O) groups is 3. The molecule has 152 valence electrons. The Morgan fingerprint density at radius 3 is 2.24 bits per heavy atom. The van der Waals surface area contributed by atoms with Crippen LogP contribution in [0.5, 0.6) is 0 Å². The first-order chi connectivity index (χ1) is 13.7. The van der Waals surface area contributed by atoms with Gasteiger partial charge in [0.05, 0.1) is 6.42 Å². The third-order valence-corrected chi connectivity index (χ3v) is 4.11. The SMILES string of the molecule is C/C(CC(=O)Nc1ccc(C(C)C)cc1)=N\NC(=O)C(=O)Nc1cccc(C)c1. The van der Waals surface area contributed by atoms with Gasteiger partial charge in [0.1, 0.15) is 0 Å². The normalized spacial score (nSPS) is 11.1. The van der Waals surface area contributed by atoms with Crippen LogP contribution < -0.4 is 16.1 Å². The summed E-state index contributed by atoms with van der Waals surface area (Å²) in [4.78, 5) is 35.9. The minimum Gasteiger partial charge on any atom is -0.326 e. The van der Waals surface area contributed by atoms with Gasteiger partial charge < -0.3 is 10.6 Å². The summed E-state index contributed by atoms with van der Waals surface area (Å²) in [6.07, 6.45) is -0.00822. The Morgan fingerprint density at radius 1 is 0.931 bits per heavy atom. The summed E-state index contributed by atoms with van der Waals surface area (Å²) in [5.41, 5.74) is 5.89. The molecule has 0 heterocycles. The number of rotatable bonds is 6. The van der Waals surface area contributed by atoms with Gasteiger partial charge in [-0.05, 0) is 55.2 Å². The molecule has 3 N–H and O–H groups in total. The van der Waals surface area contributed by atoms with Gasteiger partial charge in [-0.1, -0.05) is 38.1 Å². The highest BCUT2D eigenvalue weighted by Gasteiger charge is 2.13. The van der Waals surface area contributed by atoms with Gasteiger partial charge in [0.15, 0.2) is 0 Å². The molecule has 0 aromatic heterocycles. The van der Waals surface area contributed by atoms with Crippen molar-refractivity contribution in [2.75, 3.05) is 10.6 Å². The van der Waals surface area contributed by atoms with E-state index >= 15 is 0 Å². The Bertz CT molecular complexity index is 918. The number of carbonyl (C=O) groups excluding carboxylic acids is 3. The van der Waals surface area contributed by atoms with Gasteiger partial charge in [-0.2, -0.15) is 5.10 Å². The molecular weight excluding hydrogens is 368 g/mol. The second-order valence-electron chi connectivity index (χ2n) is 7.11. The predicted octanol–water partition coefficient (Wildman–Crippen LogP) is 3.58. The first-order valence-corrected chi connectivity index (χ1v) is 9.35. The monoisotopic (exact) mass is 394 g/mol. The zero-order valence-corrected chi connectivity index (χ0v) is 17.1. The van der Waals surface area contributed by atoms with Crippen LogP contribution in [-0.2, 0) is 14.4 Å². The van der Waals surface area contributed by atoms with E-state index in [4.69, 9.17) is 0 Å². The lowest BCUT2D eigenvalue weighted by Gasteiger charge is -2.08. The van der Waals surface area contributed by atoms with Crippen molar-refractivity contribution in [2.45, 2.75) is 40.0 Å². The summed E-state index contributed by atoms with van der Waals surface area (Å²) in [5, 5.41) is 9.09. The lowest BCUT2D eigenvalue weighted by molar-refractivity contribution is -0.136. The van der Waals surface area contributed by atoms with E-state index in [1.807, 2.05) is 37.3 Å². The fraction of sp³-hybridized carbons (Fsp3) is 0.273. The molecule has 0 aliphatic heterocycles. The number of hydrogen-bond acceptors (Lipinski definition) is 4. The minimum absolute atomic E-state index is 0.00822. The molecule has 0 radical (unpaired) electrons. The molecule has 0 atom stereocenters. The van der Waals surface area contributed by atoms with E-state index in [9.17, 15) is 14.4 Å². The fourth-order valence-corrected chi connectivity index (χ4v) is 2.54. The fourth-order valence-electron chi connectivity index (χ4n) is 2.54. The Labute approximate surface area is 170 Å². The summed E-state index contributed by atoms with van der Waals surface area (Å²) >= 11 is 0. The summed E-state index contributed by atoms with van der Waals surface area (Å²) < 4.78 is 0. The van der Waals surface area contributed by atoms with Crippen LogP contribution in [0.15, 0.2) is 53.6 Å². The van der Waals surface area contributed by atoms with Gasteiger partial charge >= 0.3 is 11.8 Å². The number of amides is 3.